The summed E-state index contributed by atoms with van der Waals surface area (Å²) in [6, 6.07) is 9.12. The van der Waals surface area contributed by atoms with Crippen LogP contribution in [-0.2, 0) is 4.74 Å². The molecule has 4 rings (SSSR count). The molecule has 1 unspecified atom stereocenters. The quantitative estimate of drug-likeness (QED) is 0.619. The number of halogens is 1. The number of benzene rings is 1. The molecular formula is C23H30FNO3S. The summed E-state index contributed by atoms with van der Waals surface area (Å²) < 4.78 is 18.4. The zero-order valence-corrected chi connectivity index (χ0v) is 17.8. The van der Waals surface area contributed by atoms with Gasteiger partial charge in [0.2, 0.25) is 0 Å². The van der Waals surface area contributed by atoms with Crippen molar-refractivity contribution in [3.8, 4) is 10.4 Å². The average Bonchev–Trinajstić information content (AvgIpc) is 3.19. The van der Waals surface area contributed by atoms with E-state index in [1.165, 1.54) is 75.5 Å². The molecule has 1 aliphatic heterocycles. The van der Waals surface area contributed by atoms with Crippen LogP contribution in [0.2, 0.25) is 0 Å². The van der Waals surface area contributed by atoms with Gasteiger partial charge in [-0.3, -0.25) is 0 Å². The van der Waals surface area contributed by atoms with E-state index in [9.17, 15) is 9.18 Å². The van der Waals surface area contributed by atoms with E-state index in [1.54, 1.807) is 12.1 Å². The van der Waals surface area contributed by atoms with Gasteiger partial charge in [-0.05, 0) is 61.8 Å². The number of thiophene rings is 1. The molecule has 2 heterocycles. The average molecular weight is 420 g/mol. The Morgan fingerprint density at radius 3 is 2.45 bits per heavy atom. The number of methoxy groups -OCH3 is 1. The fourth-order valence-corrected chi connectivity index (χ4v) is 5.95. The van der Waals surface area contributed by atoms with E-state index < -0.39 is 0 Å². The highest BCUT2D eigenvalue weighted by atomic mass is 32.1. The Kier molecular flexibility index (Phi) is 7.30. The number of hydrogen-bond acceptors (Lipinski definition) is 4. The lowest BCUT2D eigenvalue weighted by Gasteiger charge is -2.43. The molecule has 1 aromatic carbocycles. The third-order valence-corrected chi connectivity index (χ3v) is 7.42. The Morgan fingerprint density at radius 1 is 1.07 bits per heavy atom. The lowest BCUT2D eigenvalue weighted by Crippen LogP contribution is -2.45. The molecule has 1 aromatic heterocycles. The fraction of sp³-hybridized carbons (Fsp3) is 0.522. The monoisotopic (exact) mass is 419 g/mol. The summed E-state index contributed by atoms with van der Waals surface area (Å²) in [4.78, 5) is 16.7. The second kappa shape index (κ2) is 9.72. The molecule has 1 saturated carbocycles. The summed E-state index contributed by atoms with van der Waals surface area (Å²) >= 11 is 1.45. The zero-order valence-electron chi connectivity index (χ0n) is 17.0. The summed E-state index contributed by atoms with van der Waals surface area (Å²) in [7, 11) is 1.44. The van der Waals surface area contributed by atoms with Crippen LogP contribution < -0.4 is 4.90 Å². The minimum atomic E-state index is -0.277. The van der Waals surface area contributed by atoms with Gasteiger partial charge in [-0.1, -0.05) is 31.4 Å². The highest BCUT2D eigenvalue weighted by Gasteiger charge is 2.34. The molecule has 1 saturated heterocycles. The molecule has 0 bridgehead atoms. The molecule has 1 atom stereocenters. The van der Waals surface area contributed by atoms with Crippen LogP contribution in [0.4, 0.5) is 10.1 Å². The van der Waals surface area contributed by atoms with Crippen molar-refractivity contribution in [2.24, 2.45) is 5.92 Å². The van der Waals surface area contributed by atoms with Crippen molar-refractivity contribution in [2.75, 3.05) is 18.6 Å². The third kappa shape index (κ3) is 4.64. The molecule has 0 amide bonds. The van der Waals surface area contributed by atoms with E-state index in [0.717, 1.165) is 29.1 Å². The molecule has 0 radical (unpaired) electrons. The molecule has 2 fully saturated rings. The van der Waals surface area contributed by atoms with E-state index in [-0.39, 0.29) is 17.3 Å². The number of hydrogen-bond donors (Lipinski definition) is 0. The first-order chi connectivity index (χ1) is 13.7. The van der Waals surface area contributed by atoms with Crippen molar-refractivity contribution in [2.45, 2.75) is 57.4 Å². The van der Waals surface area contributed by atoms with Crippen molar-refractivity contribution in [3.63, 3.8) is 0 Å². The molecule has 2 N–H and O–H groups in total. The Hall–Kier alpha value is -1.92. The molecule has 0 spiro atoms. The van der Waals surface area contributed by atoms with Gasteiger partial charge in [0, 0.05) is 17.5 Å². The van der Waals surface area contributed by atoms with Crippen molar-refractivity contribution >= 4 is 23.0 Å². The first-order valence-electron chi connectivity index (χ1n) is 10.4. The van der Waals surface area contributed by atoms with Crippen molar-refractivity contribution in [3.05, 3.63) is 41.0 Å². The van der Waals surface area contributed by atoms with Crippen LogP contribution in [0.3, 0.4) is 0 Å². The second-order valence-corrected chi connectivity index (χ2v) is 9.03. The lowest BCUT2D eigenvalue weighted by atomic mass is 9.79. The first-order valence-corrected chi connectivity index (χ1v) is 11.2. The van der Waals surface area contributed by atoms with Gasteiger partial charge in [-0.2, -0.15) is 0 Å². The van der Waals surface area contributed by atoms with Crippen molar-refractivity contribution < 1.29 is 19.4 Å². The number of anilines is 1. The van der Waals surface area contributed by atoms with Crippen LogP contribution in [0.1, 0.15) is 61.0 Å². The molecule has 2 aliphatic rings. The summed E-state index contributed by atoms with van der Waals surface area (Å²) in [5.41, 5.74) is 1.94. The molecule has 1 aliphatic carbocycles. The fourth-order valence-electron chi connectivity index (χ4n) is 4.86. The van der Waals surface area contributed by atoms with Crippen LogP contribution in [0, 0.1) is 11.7 Å². The summed E-state index contributed by atoms with van der Waals surface area (Å²) in [5.74, 6) is 0.192. The Bertz CT molecular complexity index is 814. The number of nitrogens with zero attached hydrogens (tertiary/aromatic N) is 1. The van der Waals surface area contributed by atoms with Crippen LogP contribution in [0.15, 0.2) is 30.3 Å². The van der Waals surface area contributed by atoms with Gasteiger partial charge in [0.15, 0.2) is 0 Å². The predicted molar refractivity (Wildman–Crippen MR) is 116 cm³/mol. The van der Waals surface area contributed by atoms with Crippen LogP contribution in [0.25, 0.3) is 10.4 Å². The normalized spacial score (nSPS) is 20.2. The minimum Gasteiger partial charge on any atom is -0.465 e. The van der Waals surface area contributed by atoms with Gasteiger partial charge in [0.1, 0.15) is 10.7 Å². The SMILES string of the molecule is COC(=O)c1sc(-c2ccc(F)cc2)cc1N1CCCCC1C1CCCCC1.O. The highest BCUT2D eigenvalue weighted by Crippen LogP contribution is 2.42. The molecule has 29 heavy (non-hydrogen) atoms. The van der Waals surface area contributed by atoms with E-state index in [0.29, 0.717) is 16.8 Å². The third-order valence-electron chi connectivity index (χ3n) is 6.26. The van der Waals surface area contributed by atoms with Crippen molar-refractivity contribution in [1.29, 1.82) is 0 Å². The van der Waals surface area contributed by atoms with Gasteiger partial charge < -0.3 is 15.1 Å². The minimum absolute atomic E-state index is 0. The van der Waals surface area contributed by atoms with E-state index in [2.05, 4.69) is 11.0 Å². The second-order valence-electron chi connectivity index (χ2n) is 7.98. The molecular weight excluding hydrogens is 389 g/mol. The first kappa shape index (κ1) is 21.8. The standard InChI is InChI=1S/C23H28FNO2S.H2O/c1-27-23(26)22-20(15-21(28-22)17-10-12-18(24)13-11-17)25-14-6-5-9-19(25)16-7-3-2-4-8-16;/h10-13,15-16,19H,2-9,14H2,1H3;1H2. The maximum Gasteiger partial charge on any atom is 0.350 e. The van der Waals surface area contributed by atoms with Crippen molar-refractivity contribution in [1.82, 2.24) is 0 Å². The van der Waals surface area contributed by atoms with Gasteiger partial charge >= 0.3 is 5.97 Å². The van der Waals surface area contributed by atoms with Crippen LogP contribution >= 0.6 is 11.3 Å². The number of carbonyl (C=O) groups excluding carboxylic acids is 1. The lowest BCUT2D eigenvalue weighted by molar-refractivity contribution is 0.0606. The summed E-state index contributed by atoms with van der Waals surface area (Å²) in [6.07, 6.45) is 10.2. The number of esters is 1. The predicted octanol–water partition coefficient (Wildman–Crippen LogP) is 5.46. The largest absolute Gasteiger partial charge is 0.465 e. The maximum absolute atomic E-state index is 13.3. The Labute approximate surface area is 176 Å². The van der Waals surface area contributed by atoms with E-state index >= 15 is 0 Å². The maximum atomic E-state index is 13.3. The van der Waals surface area contributed by atoms with Gasteiger partial charge in [0.05, 0.1) is 12.8 Å². The summed E-state index contributed by atoms with van der Waals surface area (Å²) in [5, 5.41) is 0. The van der Waals surface area contributed by atoms with Crippen LogP contribution in [-0.4, -0.2) is 31.1 Å². The molecule has 158 valence electrons. The van der Waals surface area contributed by atoms with Gasteiger partial charge in [-0.25, -0.2) is 9.18 Å². The number of carbonyl (C=O) groups is 1. The number of ether oxygens (including phenoxy) is 1. The number of rotatable bonds is 4. The highest BCUT2D eigenvalue weighted by molar-refractivity contribution is 7.18. The van der Waals surface area contributed by atoms with Crippen LogP contribution in [0.5, 0.6) is 0 Å². The zero-order chi connectivity index (χ0) is 19.5. The smallest absolute Gasteiger partial charge is 0.350 e. The van der Waals surface area contributed by atoms with E-state index in [1.807, 2.05) is 0 Å². The van der Waals surface area contributed by atoms with Gasteiger partial charge in [-0.15, -0.1) is 11.3 Å². The number of piperidine rings is 1. The molecule has 6 heteroatoms. The summed E-state index contributed by atoms with van der Waals surface area (Å²) in [6.45, 7) is 0.991. The Balaban J connectivity index is 0.00000240. The van der Waals surface area contributed by atoms with Gasteiger partial charge in [0.25, 0.3) is 0 Å². The topological polar surface area (TPSA) is 61.0 Å². The Morgan fingerprint density at radius 2 is 1.76 bits per heavy atom. The molecule has 4 nitrogen and oxygen atoms in total. The molecule has 2 aromatic rings. The van der Waals surface area contributed by atoms with E-state index in [4.69, 9.17) is 4.74 Å².